The van der Waals surface area contributed by atoms with Crippen LogP contribution in [0.5, 0.6) is 0 Å². The highest BCUT2D eigenvalue weighted by Crippen LogP contribution is 2.29. The van der Waals surface area contributed by atoms with Crippen LogP contribution in [-0.4, -0.2) is 11.2 Å². The lowest BCUT2D eigenvalue weighted by Gasteiger charge is -2.15. The molecule has 1 N–H and O–H groups in total. The van der Waals surface area contributed by atoms with E-state index in [9.17, 15) is 13.9 Å². The van der Waals surface area contributed by atoms with Gasteiger partial charge in [0.2, 0.25) is 0 Å². The van der Waals surface area contributed by atoms with E-state index in [0.717, 1.165) is 18.9 Å². The maximum Gasteiger partial charge on any atom is 0.162 e. The third-order valence-electron chi connectivity index (χ3n) is 3.57. The van der Waals surface area contributed by atoms with E-state index in [1.165, 1.54) is 25.0 Å². The molecule has 1 atom stereocenters. The molecule has 3 heteroatoms. The van der Waals surface area contributed by atoms with Gasteiger partial charge in [-0.3, -0.25) is 0 Å². The van der Waals surface area contributed by atoms with E-state index >= 15 is 0 Å². The zero-order valence-electron chi connectivity index (χ0n) is 9.83. The second-order valence-electron chi connectivity index (χ2n) is 4.96. The fraction of sp³-hybridized carbons (Fsp3) is 0.571. The van der Waals surface area contributed by atoms with Crippen molar-refractivity contribution in [3.05, 3.63) is 35.4 Å². The van der Waals surface area contributed by atoms with E-state index in [2.05, 4.69) is 0 Å². The Balaban J connectivity index is 1.93. The number of hydrogen-bond acceptors (Lipinski definition) is 1. The molecule has 1 nitrogen and oxygen atoms in total. The summed E-state index contributed by atoms with van der Waals surface area (Å²) < 4.78 is 26.4. The molecule has 1 aliphatic carbocycles. The van der Waals surface area contributed by atoms with Crippen molar-refractivity contribution in [1.29, 1.82) is 0 Å². The molecule has 1 aromatic rings. The predicted molar refractivity (Wildman–Crippen MR) is 62.6 cm³/mol. The number of aliphatic hydroxyl groups is 1. The molecule has 0 spiro atoms. The lowest BCUT2D eigenvalue weighted by Crippen LogP contribution is -2.15. The van der Waals surface area contributed by atoms with Crippen molar-refractivity contribution in [2.75, 3.05) is 0 Å². The third kappa shape index (κ3) is 3.25. The topological polar surface area (TPSA) is 20.2 Å². The number of benzene rings is 1. The summed E-state index contributed by atoms with van der Waals surface area (Å²) in [6, 6.07) is 4.12. The van der Waals surface area contributed by atoms with Crippen molar-refractivity contribution in [3.8, 4) is 0 Å². The van der Waals surface area contributed by atoms with E-state index in [0.29, 0.717) is 12.3 Å². The van der Waals surface area contributed by atoms with Gasteiger partial charge in [0.25, 0.3) is 0 Å². The summed E-state index contributed by atoms with van der Waals surface area (Å²) in [5.41, 5.74) is 0.274. The van der Waals surface area contributed by atoms with Crippen LogP contribution in [0.4, 0.5) is 8.78 Å². The van der Waals surface area contributed by atoms with Crippen LogP contribution in [0, 0.1) is 17.6 Å². The average molecular weight is 240 g/mol. The van der Waals surface area contributed by atoms with Gasteiger partial charge >= 0.3 is 0 Å². The van der Waals surface area contributed by atoms with Crippen molar-refractivity contribution in [2.24, 2.45) is 5.92 Å². The van der Waals surface area contributed by atoms with E-state index < -0.39 is 17.7 Å². The maximum absolute atomic E-state index is 13.4. The summed E-state index contributed by atoms with van der Waals surface area (Å²) in [6.07, 6.45) is 5.12. The molecular weight excluding hydrogens is 222 g/mol. The number of halogens is 2. The van der Waals surface area contributed by atoms with E-state index in [1.54, 1.807) is 0 Å². The molecule has 0 radical (unpaired) electrons. The molecular formula is C14H18F2O. The Bertz CT molecular complexity index is 372. The van der Waals surface area contributed by atoms with Gasteiger partial charge in [0.05, 0.1) is 6.10 Å². The summed E-state index contributed by atoms with van der Waals surface area (Å²) in [4.78, 5) is 0. The van der Waals surface area contributed by atoms with Crippen molar-refractivity contribution in [1.82, 2.24) is 0 Å². The molecule has 1 fully saturated rings. The first kappa shape index (κ1) is 12.5. The van der Waals surface area contributed by atoms with Gasteiger partial charge in [0.15, 0.2) is 11.6 Å². The summed E-state index contributed by atoms with van der Waals surface area (Å²) in [6.45, 7) is 0. The predicted octanol–water partition coefficient (Wildman–Crippen LogP) is 3.45. The van der Waals surface area contributed by atoms with Crippen molar-refractivity contribution >= 4 is 0 Å². The van der Waals surface area contributed by atoms with Gasteiger partial charge in [-0.05, 0) is 24.0 Å². The normalized spacial score (nSPS) is 18.5. The minimum absolute atomic E-state index is 0.208. The monoisotopic (exact) mass is 240 g/mol. The fourth-order valence-electron chi connectivity index (χ4n) is 2.67. The van der Waals surface area contributed by atoms with Crippen molar-refractivity contribution in [3.63, 3.8) is 0 Å². The Morgan fingerprint density at radius 1 is 1.24 bits per heavy atom. The molecule has 1 aromatic carbocycles. The van der Waals surface area contributed by atoms with Crippen LogP contribution in [0.15, 0.2) is 18.2 Å². The Hall–Kier alpha value is -0.960. The molecule has 1 unspecified atom stereocenters. The zero-order chi connectivity index (χ0) is 12.3. The molecule has 0 saturated heterocycles. The van der Waals surface area contributed by atoms with Crippen LogP contribution in [-0.2, 0) is 6.42 Å². The van der Waals surface area contributed by atoms with Gasteiger partial charge in [-0.15, -0.1) is 0 Å². The van der Waals surface area contributed by atoms with Gasteiger partial charge < -0.3 is 5.11 Å². The van der Waals surface area contributed by atoms with Gasteiger partial charge in [-0.25, -0.2) is 8.78 Å². The van der Waals surface area contributed by atoms with E-state index in [4.69, 9.17) is 0 Å². The molecule has 17 heavy (non-hydrogen) atoms. The average Bonchev–Trinajstić information content (AvgIpc) is 2.77. The summed E-state index contributed by atoms with van der Waals surface area (Å²) in [7, 11) is 0. The Labute approximate surface area is 100 Å². The van der Waals surface area contributed by atoms with Crippen LogP contribution in [0.1, 0.15) is 37.7 Å². The standard InChI is InChI=1S/C14H18F2O/c15-13-7-3-6-11(14(13)16)9-12(17)8-10-4-1-2-5-10/h3,6-7,10,12,17H,1-2,4-5,8-9H2. The van der Waals surface area contributed by atoms with Crippen LogP contribution < -0.4 is 0 Å². The SMILES string of the molecule is OC(Cc1cccc(F)c1F)CC1CCCC1. The largest absolute Gasteiger partial charge is 0.393 e. The quantitative estimate of drug-likeness (QED) is 0.854. The second kappa shape index (κ2) is 5.58. The first-order valence-corrected chi connectivity index (χ1v) is 6.27. The van der Waals surface area contributed by atoms with Crippen molar-refractivity contribution in [2.45, 2.75) is 44.6 Å². The molecule has 1 aliphatic rings. The Morgan fingerprint density at radius 3 is 2.65 bits per heavy atom. The molecule has 2 rings (SSSR count). The number of rotatable bonds is 4. The van der Waals surface area contributed by atoms with Gasteiger partial charge in [-0.1, -0.05) is 37.8 Å². The third-order valence-corrected chi connectivity index (χ3v) is 3.57. The second-order valence-corrected chi connectivity index (χ2v) is 4.96. The summed E-state index contributed by atoms with van der Waals surface area (Å²) >= 11 is 0. The highest BCUT2D eigenvalue weighted by molar-refractivity contribution is 5.19. The van der Waals surface area contributed by atoms with Crippen LogP contribution in [0.2, 0.25) is 0 Å². The highest BCUT2D eigenvalue weighted by atomic mass is 19.2. The fourth-order valence-corrected chi connectivity index (χ4v) is 2.67. The Kier molecular flexibility index (Phi) is 4.11. The number of aliphatic hydroxyl groups excluding tert-OH is 1. The van der Waals surface area contributed by atoms with Crippen LogP contribution >= 0.6 is 0 Å². The van der Waals surface area contributed by atoms with Gasteiger partial charge in [0.1, 0.15) is 0 Å². The lowest BCUT2D eigenvalue weighted by atomic mass is 9.96. The summed E-state index contributed by atoms with van der Waals surface area (Å²) in [5, 5.41) is 9.89. The molecule has 0 amide bonds. The zero-order valence-corrected chi connectivity index (χ0v) is 9.83. The minimum atomic E-state index is -0.837. The highest BCUT2D eigenvalue weighted by Gasteiger charge is 2.20. The minimum Gasteiger partial charge on any atom is -0.393 e. The van der Waals surface area contributed by atoms with Gasteiger partial charge in [-0.2, -0.15) is 0 Å². The molecule has 1 saturated carbocycles. The molecule has 0 aromatic heterocycles. The smallest absolute Gasteiger partial charge is 0.162 e. The Morgan fingerprint density at radius 2 is 1.94 bits per heavy atom. The van der Waals surface area contributed by atoms with Crippen LogP contribution in [0.3, 0.4) is 0 Å². The molecule has 0 heterocycles. The van der Waals surface area contributed by atoms with Crippen molar-refractivity contribution < 1.29 is 13.9 Å². The lowest BCUT2D eigenvalue weighted by molar-refractivity contribution is 0.142. The molecule has 94 valence electrons. The first-order valence-electron chi connectivity index (χ1n) is 6.27. The summed E-state index contributed by atoms with van der Waals surface area (Å²) in [5.74, 6) is -1.10. The molecule has 0 bridgehead atoms. The maximum atomic E-state index is 13.4. The molecule has 0 aliphatic heterocycles. The first-order chi connectivity index (χ1) is 8.16. The van der Waals surface area contributed by atoms with E-state index in [-0.39, 0.29) is 12.0 Å². The van der Waals surface area contributed by atoms with E-state index in [1.807, 2.05) is 0 Å². The number of hydrogen-bond donors (Lipinski definition) is 1. The van der Waals surface area contributed by atoms with Gasteiger partial charge in [0, 0.05) is 6.42 Å². The van der Waals surface area contributed by atoms with Crippen LogP contribution in [0.25, 0.3) is 0 Å².